The Morgan fingerprint density at radius 1 is 1.50 bits per heavy atom. The number of halogens is 2. The molecule has 2 rings (SSSR count). The molecule has 0 bridgehead atoms. The zero-order valence-electron chi connectivity index (χ0n) is 10.6. The summed E-state index contributed by atoms with van der Waals surface area (Å²) in [5.41, 5.74) is 0.514. The first-order valence-electron chi connectivity index (χ1n) is 6.50. The van der Waals surface area contributed by atoms with Crippen molar-refractivity contribution in [1.82, 2.24) is 5.32 Å². The first-order valence-corrected chi connectivity index (χ1v) is 6.88. The van der Waals surface area contributed by atoms with Crippen molar-refractivity contribution >= 4 is 11.6 Å². The predicted molar refractivity (Wildman–Crippen MR) is 71.4 cm³/mol. The fourth-order valence-corrected chi connectivity index (χ4v) is 2.68. The van der Waals surface area contributed by atoms with E-state index in [0.29, 0.717) is 23.1 Å². The summed E-state index contributed by atoms with van der Waals surface area (Å²) in [5.74, 6) is 0.0286. The van der Waals surface area contributed by atoms with Gasteiger partial charge in [0.1, 0.15) is 5.82 Å². The largest absolute Gasteiger partial charge is 0.373 e. The molecule has 1 fully saturated rings. The van der Waals surface area contributed by atoms with E-state index in [4.69, 9.17) is 16.3 Å². The Hall–Kier alpha value is -0.640. The molecular weight excluding hydrogens is 253 g/mol. The number of ether oxygens (including phenoxy) is 1. The van der Waals surface area contributed by atoms with Crippen LogP contribution in [0.15, 0.2) is 18.2 Å². The van der Waals surface area contributed by atoms with Crippen molar-refractivity contribution in [3.8, 4) is 0 Å². The lowest BCUT2D eigenvalue weighted by molar-refractivity contribution is 0.0876. The van der Waals surface area contributed by atoms with Crippen molar-refractivity contribution in [3.05, 3.63) is 34.6 Å². The SMILES string of the molecule is CCCNCC1CCOC1c1c(F)cccc1Cl. The lowest BCUT2D eigenvalue weighted by atomic mass is 9.95. The molecule has 1 aliphatic rings. The first kappa shape index (κ1) is 13.8. The quantitative estimate of drug-likeness (QED) is 0.827. The van der Waals surface area contributed by atoms with E-state index in [-0.39, 0.29) is 11.9 Å². The Labute approximate surface area is 112 Å². The number of hydrogen-bond donors (Lipinski definition) is 1. The van der Waals surface area contributed by atoms with Crippen LogP contribution >= 0.6 is 11.6 Å². The zero-order chi connectivity index (χ0) is 13.0. The summed E-state index contributed by atoms with van der Waals surface area (Å²) in [6.45, 7) is 4.63. The van der Waals surface area contributed by atoms with Gasteiger partial charge in [0, 0.05) is 29.7 Å². The van der Waals surface area contributed by atoms with Gasteiger partial charge < -0.3 is 10.1 Å². The van der Waals surface area contributed by atoms with E-state index >= 15 is 0 Å². The molecule has 1 N–H and O–H groups in total. The van der Waals surface area contributed by atoms with E-state index < -0.39 is 0 Å². The van der Waals surface area contributed by atoms with Crippen LogP contribution in [0.3, 0.4) is 0 Å². The lowest BCUT2D eigenvalue weighted by Gasteiger charge is -2.20. The average Bonchev–Trinajstić information content (AvgIpc) is 2.78. The molecule has 0 aromatic heterocycles. The van der Waals surface area contributed by atoms with Gasteiger partial charge in [-0.25, -0.2) is 4.39 Å². The monoisotopic (exact) mass is 271 g/mol. The standard InChI is InChI=1S/C14H19ClFNO/c1-2-7-17-9-10-6-8-18-14(10)13-11(15)4-3-5-12(13)16/h3-5,10,14,17H,2,6-9H2,1H3. The summed E-state index contributed by atoms with van der Waals surface area (Å²) in [6, 6.07) is 4.79. The highest BCUT2D eigenvalue weighted by atomic mass is 35.5. The van der Waals surface area contributed by atoms with Gasteiger partial charge in [0.25, 0.3) is 0 Å². The molecule has 1 aromatic carbocycles. The smallest absolute Gasteiger partial charge is 0.130 e. The van der Waals surface area contributed by atoms with Crippen LogP contribution < -0.4 is 5.32 Å². The minimum absolute atomic E-state index is 0.219. The lowest BCUT2D eigenvalue weighted by Crippen LogP contribution is -2.26. The third kappa shape index (κ3) is 3.02. The van der Waals surface area contributed by atoms with Gasteiger partial charge in [0.2, 0.25) is 0 Å². The molecule has 2 nitrogen and oxygen atoms in total. The second-order valence-electron chi connectivity index (χ2n) is 4.68. The molecule has 0 spiro atoms. The maximum Gasteiger partial charge on any atom is 0.130 e. The summed E-state index contributed by atoms with van der Waals surface area (Å²) in [4.78, 5) is 0. The summed E-state index contributed by atoms with van der Waals surface area (Å²) >= 11 is 6.10. The minimum Gasteiger partial charge on any atom is -0.373 e. The maximum atomic E-state index is 13.9. The number of hydrogen-bond acceptors (Lipinski definition) is 2. The van der Waals surface area contributed by atoms with Crippen molar-refractivity contribution < 1.29 is 9.13 Å². The van der Waals surface area contributed by atoms with Crippen molar-refractivity contribution in [2.24, 2.45) is 5.92 Å². The van der Waals surface area contributed by atoms with E-state index in [1.165, 1.54) is 6.07 Å². The van der Waals surface area contributed by atoms with Crippen LogP contribution in [0.1, 0.15) is 31.4 Å². The van der Waals surface area contributed by atoms with E-state index in [0.717, 1.165) is 25.9 Å². The van der Waals surface area contributed by atoms with Crippen molar-refractivity contribution in [3.63, 3.8) is 0 Å². The highest BCUT2D eigenvalue weighted by molar-refractivity contribution is 6.31. The summed E-state index contributed by atoms with van der Waals surface area (Å²) in [5, 5.41) is 3.83. The van der Waals surface area contributed by atoms with Crippen molar-refractivity contribution in [1.29, 1.82) is 0 Å². The third-order valence-electron chi connectivity index (χ3n) is 3.33. The molecule has 1 saturated heterocycles. The van der Waals surface area contributed by atoms with Crippen molar-refractivity contribution in [2.75, 3.05) is 19.7 Å². The predicted octanol–water partition coefficient (Wildman–Crippen LogP) is 3.56. The molecule has 18 heavy (non-hydrogen) atoms. The van der Waals surface area contributed by atoms with Crippen LogP contribution in [-0.4, -0.2) is 19.7 Å². The normalized spacial score (nSPS) is 23.5. The van der Waals surface area contributed by atoms with Gasteiger partial charge in [-0.05, 0) is 31.5 Å². The molecule has 1 heterocycles. The van der Waals surface area contributed by atoms with Gasteiger partial charge >= 0.3 is 0 Å². The Balaban J connectivity index is 2.11. The van der Waals surface area contributed by atoms with E-state index in [2.05, 4.69) is 12.2 Å². The van der Waals surface area contributed by atoms with Gasteiger partial charge in [-0.1, -0.05) is 24.6 Å². The van der Waals surface area contributed by atoms with Crippen LogP contribution in [-0.2, 0) is 4.74 Å². The Kier molecular flexibility index (Phi) is 4.98. The Morgan fingerprint density at radius 3 is 3.06 bits per heavy atom. The van der Waals surface area contributed by atoms with Gasteiger partial charge in [-0.2, -0.15) is 0 Å². The van der Waals surface area contributed by atoms with Crippen LogP contribution in [0.2, 0.25) is 5.02 Å². The van der Waals surface area contributed by atoms with E-state index in [1.807, 2.05) is 0 Å². The van der Waals surface area contributed by atoms with Gasteiger partial charge in [-0.15, -0.1) is 0 Å². The summed E-state index contributed by atoms with van der Waals surface area (Å²) in [6.07, 6.45) is 1.83. The number of nitrogens with one attached hydrogen (secondary N) is 1. The van der Waals surface area contributed by atoms with Gasteiger partial charge in [-0.3, -0.25) is 0 Å². The molecule has 0 saturated carbocycles. The third-order valence-corrected chi connectivity index (χ3v) is 3.66. The molecule has 0 radical (unpaired) electrons. The average molecular weight is 272 g/mol. The Morgan fingerprint density at radius 2 is 2.33 bits per heavy atom. The van der Waals surface area contributed by atoms with Crippen LogP contribution in [0.4, 0.5) is 4.39 Å². The Bertz CT molecular complexity index is 379. The van der Waals surface area contributed by atoms with Crippen LogP contribution in [0.25, 0.3) is 0 Å². The molecule has 2 unspecified atom stereocenters. The van der Waals surface area contributed by atoms with Crippen LogP contribution in [0, 0.1) is 11.7 Å². The molecule has 4 heteroatoms. The van der Waals surface area contributed by atoms with E-state index in [9.17, 15) is 4.39 Å². The van der Waals surface area contributed by atoms with Crippen LogP contribution in [0.5, 0.6) is 0 Å². The minimum atomic E-state index is -0.269. The topological polar surface area (TPSA) is 21.3 Å². The highest BCUT2D eigenvalue weighted by Crippen LogP contribution is 2.38. The zero-order valence-corrected chi connectivity index (χ0v) is 11.3. The molecule has 1 aromatic rings. The molecule has 0 aliphatic carbocycles. The summed E-state index contributed by atoms with van der Waals surface area (Å²) in [7, 11) is 0. The number of rotatable bonds is 5. The highest BCUT2D eigenvalue weighted by Gasteiger charge is 2.32. The van der Waals surface area contributed by atoms with Crippen molar-refractivity contribution in [2.45, 2.75) is 25.9 Å². The number of benzene rings is 1. The van der Waals surface area contributed by atoms with Gasteiger partial charge in [0.15, 0.2) is 0 Å². The molecule has 2 atom stereocenters. The second-order valence-corrected chi connectivity index (χ2v) is 5.09. The fraction of sp³-hybridized carbons (Fsp3) is 0.571. The van der Waals surface area contributed by atoms with Gasteiger partial charge in [0.05, 0.1) is 6.10 Å². The van der Waals surface area contributed by atoms with E-state index in [1.54, 1.807) is 12.1 Å². The molecule has 100 valence electrons. The fourth-order valence-electron chi connectivity index (χ4n) is 2.41. The maximum absolute atomic E-state index is 13.9. The molecule has 1 aliphatic heterocycles. The molecular formula is C14H19ClFNO. The molecule has 0 amide bonds. The second kappa shape index (κ2) is 6.50. The first-order chi connectivity index (χ1) is 8.74. The summed E-state index contributed by atoms with van der Waals surface area (Å²) < 4.78 is 19.6.